The fraction of sp³-hybridized carbons (Fsp3) is 0.133. The second-order valence-electron chi connectivity index (χ2n) is 5.10. The van der Waals surface area contributed by atoms with Crippen LogP contribution in [0.1, 0.15) is 11.3 Å². The van der Waals surface area contributed by atoms with Crippen LogP contribution in [0.5, 0.6) is 0 Å². The summed E-state index contributed by atoms with van der Waals surface area (Å²) in [7, 11) is -3.89. The van der Waals surface area contributed by atoms with Crippen LogP contribution in [0.2, 0.25) is 0 Å². The van der Waals surface area contributed by atoms with Gasteiger partial charge in [0, 0.05) is 6.20 Å². The van der Waals surface area contributed by atoms with Crippen molar-refractivity contribution >= 4 is 16.0 Å². The van der Waals surface area contributed by atoms with E-state index in [0.29, 0.717) is 12.1 Å². The van der Waals surface area contributed by atoms with Crippen LogP contribution < -0.4 is 4.72 Å². The molecular weight excluding hydrogens is 333 g/mol. The second kappa shape index (κ2) is 6.36. The summed E-state index contributed by atoms with van der Waals surface area (Å²) in [5.74, 6) is -0.557. The SMILES string of the molecule is Cc1cc(F)ccc1S(=O)(=O)Nc1ncn(Cc2ccccn2)n1. The number of hydrogen-bond acceptors (Lipinski definition) is 5. The van der Waals surface area contributed by atoms with Gasteiger partial charge in [-0.2, -0.15) is 4.98 Å². The van der Waals surface area contributed by atoms with Gasteiger partial charge >= 0.3 is 0 Å². The maximum Gasteiger partial charge on any atom is 0.264 e. The van der Waals surface area contributed by atoms with Gasteiger partial charge in [-0.25, -0.2) is 22.2 Å². The predicted octanol–water partition coefficient (Wildman–Crippen LogP) is 1.97. The molecule has 0 amide bonds. The molecule has 0 aliphatic carbocycles. The van der Waals surface area contributed by atoms with Crippen molar-refractivity contribution in [2.45, 2.75) is 18.4 Å². The Morgan fingerprint density at radius 2 is 2.04 bits per heavy atom. The van der Waals surface area contributed by atoms with Crippen molar-refractivity contribution in [1.82, 2.24) is 19.7 Å². The lowest BCUT2D eigenvalue weighted by Gasteiger charge is -2.07. The molecule has 0 spiro atoms. The first-order chi connectivity index (χ1) is 11.4. The molecule has 0 unspecified atom stereocenters. The summed E-state index contributed by atoms with van der Waals surface area (Å²) < 4.78 is 41.6. The van der Waals surface area contributed by atoms with E-state index in [-0.39, 0.29) is 10.8 Å². The predicted molar refractivity (Wildman–Crippen MR) is 85.3 cm³/mol. The molecule has 0 aliphatic heterocycles. The van der Waals surface area contributed by atoms with Gasteiger partial charge in [0.1, 0.15) is 12.1 Å². The molecule has 0 fully saturated rings. The number of aryl methyl sites for hydroxylation is 1. The number of halogens is 1. The van der Waals surface area contributed by atoms with Crippen LogP contribution in [0.15, 0.2) is 53.8 Å². The fourth-order valence-electron chi connectivity index (χ4n) is 2.16. The Kier molecular flexibility index (Phi) is 4.26. The van der Waals surface area contributed by atoms with Crippen LogP contribution in [0, 0.1) is 12.7 Å². The number of hydrogen-bond donors (Lipinski definition) is 1. The molecule has 0 saturated heterocycles. The van der Waals surface area contributed by atoms with Crippen molar-refractivity contribution in [3.05, 3.63) is 66.0 Å². The van der Waals surface area contributed by atoms with E-state index < -0.39 is 15.8 Å². The molecule has 1 N–H and O–H groups in total. The molecule has 124 valence electrons. The summed E-state index contributed by atoms with van der Waals surface area (Å²) in [6.07, 6.45) is 3.07. The zero-order valence-electron chi connectivity index (χ0n) is 12.7. The van der Waals surface area contributed by atoms with Gasteiger partial charge in [0.05, 0.1) is 17.1 Å². The zero-order valence-corrected chi connectivity index (χ0v) is 13.5. The molecular formula is C15H14FN5O2S. The molecule has 0 aliphatic rings. The van der Waals surface area contributed by atoms with Crippen LogP contribution in [0.3, 0.4) is 0 Å². The fourth-order valence-corrected chi connectivity index (χ4v) is 3.34. The molecule has 9 heteroatoms. The Balaban J connectivity index is 1.78. The van der Waals surface area contributed by atoms with Crippen molar-refractivity contribution < 1.29 is 12.8 Å². The third kappa shape index (κ3) is 3.57. The van der Waals surface area contributed by atoms with Crippen molar-refractivity contribution in [2.75, 3.05) is 4.72 Å². The monoisotopic (exact) mass is 347 g/mol. The van der Waals surface area contributed by atoms with Gasteiger partial charge in [0.15, 0.2) is 0 Å². The molecule has 0 saturated carbocycles. The first kappa shape index (κ1) is 16.1. The van der Waals surface area contributed by atoms with Crippen LogP contribution in [-0.2, 0) is 16.6 Å². The molecule has 1 aromatic carbocycles. The second-order valence-corrected chi connectivity index (χ2v) is 6.75. The zero-order chi connectivity index (χ0) is 17.2. The summed E-state index contributed by atoms with van der Waals surface area (Å²) in [6, 6.07) is 8.93. The molecule has 7 nitrogen and oxygen atoms in total. The van der Waals surface area contributed by atoms with Gasteiger partial charge in [0.25, 0.3) is 16.0 Å². The number of benzene rings is 1. The van der Waals surface area contributed by atoms with E-state index in [1.807, 2.05) is 12.1 Å². The highest BCUT2D eigenvalue weighted by molar-refractivity contribution is 7.92. The summed E-state index contributed by atoms with van der Waals surface area (Å²) >= 11 is 0. The number of pyridine rings is 1. The number of nitrogens with one attached hydrogen (secondary N) is 1. The van der Waals surface area contributed by atoms with Gasteiger partial charge in [-0.3, -0.25) is 4.98 Å². The first-order valence-electron chi connectivity index (χ1n) is 7.02. The molecule has 0 radical (unpaired) electrons. The van der Waals surface area contributed by atoms with Gasteiger partial charge in [-0.15, -0.1) is 5.10 Å². The van der Waals surface area contributed by atoms with Crippen LogP contribution in [0.4, 0.5) is 10.3 Å². The summed E-state index contributed by atoms with van der Waals surface area (Å²) in [6.45, 7) is 1.88. The number of nitrogens with zero attached hydrogens (tertiary/aromatic N) is 4. The number of anilines is 1. The lowest BCUT2D eigenvalue weighted by atomic mass is 10.2. The van der Waals surface area contributed by atoms with Crippen molar-refractivity contribution in [2.24, 2.45) is 0 Å². The number of aromatic nitrogens is 4. The third-order valence-electron chi connectivity index (χ3n) is 3.24. The Morgan fingerprint density at radius 1 is 1.21 bits per heavy atom. The van der Waals surface area contributed by atoms with E-state index >= 15 is 0 Å². The third-order valence-corrected chi connectivity index (χ3v) is 4.73. The minimum absolute atomic E-state index is 0.0232. The molecule has 3 rings (SSSR count). The van der Waals surface area contributed by atoms with Crippen molar-refractivity contribution in [3.63, 3.8) is 0 Å². The molecule has 3 aromatic rings. The van der Waals surface area contributed by atoms with Crippen LogP contribution in [-0.4, -0.2) is 28.2 Å². The molecule has 0 bridgehead atoms. The minimum Gasteiger partial charge on any atom is -0.259 e. The van der Waals surface area contributed by atoms with Crippen LogP contribution >= 0.6 is 0 Å². The highest BCUT2D eigenvalue weighted by Gasteiger charge is 2.19. The van der Waals surface area contributed by atoms with Crippen molar-refractivity contribution in [1.29, 1.82) is 0 Å². The van der Waals surface area contributed by atoms with Gasteiger partial charge in [0.2, 0.25) is 0 Å². The Labute approximate surface area is 138 Å². The highest BCUT2D eigenvalue weighted by Crippen LogP contribution is 2.18. The standard InChI is InChI=1S/C15H14FN5O2S/c1-11-8-12(16)5-6-14(11)24(22,23)20-15-18-10-21(19-15)9-13-4-2-3-7-17-13/h2-8,10H,9H2,1H3,(H,19,20). The van der Waals surface area contributed by atoms with E-state index in [2.05, 4.69) is 19.8 Å². The minimum atomic E-state index is -3.89. The molecule has 0 atom stereocenters. The number of rotatable bonds is 5. The molecule has 24 heavy (non-hydrogen) atoms. The quantitative estimate of drug-likeness (QED) is 0.762. The van der Waals surface area contributed by atoms with E-state index in [0.717, 1.165) is 17.8 Å². The maximum absolute atomic E-state index is 13.1. The van der Waals surface area contributed by atoms with E-state index in [9.17, 15) is 12.8 Å². The van der Waals surface area contributed by atoms with E-state index in [1.54, 1.807) is 12.3 Å². The van der Waals surface area contributed by atoms with E-state index in [4.69, 9.17) is 0 Å². The van der Waals surface area contributed by atoms with Gasteiger partial charge < -0.3 is 0 Å². The Hall–Kier alpha value is -2.81. The summed E-state index contributed by atoms with van der Waals surface area (Å²) in [5, 5.41) is 4.06. The van der Waals surface area contributed by atoms with E-state index in [1.165, 1.54) is 24.0 Å². The average Bonchev–Trinajstić information content (AvgIpc) is 2.94. The number of sulfonamides is 1. The lowest BCUT2D eigenvalue weighted by molar-refractivity contribution is 0.598. The largest absolute Gasteiger partial charge is 0.264 e. The normalized spacial score (nSPS) is 11.4. The summed E-state index contributed by atoms with van der Waals surface area (Å²) in [4.78, 5) is 8.07. The van der Waals surface area contributed by atoms with Crippen LogP contribution in [0.25, 0.3) is 0 Å². The maximum atomic E-state index is 13.1. The first-order valence-corrected chi connectivity index (χ1v) is 8.51. The molecule has 2 aromatic heterocycles. The smallest absolute Gasteiger partial charge is 0.259 e. The van der Waals surface area contributed by atoms with Gasteiger partial charge in [-0.05, 0) is 42.8 Å². The van der Waals surface area contributed by atoms with Crippen molar-refractivity contribution in [3.8, 4) is 0 Å². The topological polar surface area (TPSA) is 89.8 Å². The van der Waals surface area contributed by atoms with Gasteiger partial charge in [-0.1, -0.05) is 6.07 Å². The highest BCUT2D eigenvalue weighted by atomic mass is 32.2. The lowest BCUT2D eigenvalue weighted by Crippen LogP contribution is -2.15. The molecule has 2 heterocycles. The Bertz CT molecular complexity index is 957. The summed E-state index contributed by atoms with van der Waals surface area (Å²) in [5.41, 5.74) is 1.07. The average molecular weight is 347 g/mol. The Morgan fingerprint density at radius 3 is 2.75 bits per heavy atom.